The molecule has 1 atom stereocenters. The van der Waals surface area contributed by atoms with Crippen LogP contribution in [0.5, 0.6) is 0 Å². The van der Waals surface area contributed by atoms with Crippen LogP contribution in [-0.4, -0.2) is 23.6 Å². The molecule has 4 nitrogen and oxygen atoms in total. The highest BCUT2D eigenvalue weighted by atomic mass is 35.5. The number of amides is 1. The largest absolute Gasteiger partial charge is 0.368 e. The van der Waals surface area contributed by atoms with Crippen molar-refractivity contribution >= 4 is 23.3 Å². The lowest BCUT2D eigenvalue weighted by atomic mass is 10.2. The van der Waals surface area contributed by atoms with E-state index in [9.17, 15) is 4.79 Å². The maximum Gasteiger partial charge on any atom is 0.254 e. The first-order valence-electron chi connectivity index (χ1n) is 4.80. The summed E-state index contributed by atoms with van der Waals surface area (Å²) in [6, 6.07) is 3.39. The van der Waals surface area contributed by atoms with Crippen molar-refractivity contribution in [3.8, 4) is 0 Å². The molecule has 1 N–H and O–H groups in total. The zero-order valence-corrected chi connectivity index (χ0v) is 8.83. The molecule has 0 spiro atoms. The molecular weight excluding hydrogens is 216 g/mol. The van der Waals surface area contributed by atoms with E-state index in [2.05, 4.69) is 10.3 Å². The van der Waals surface area contributed by atoms with Crippen molar-refractivity contribution < 1.29 is 9.53 Å². The molecule has 2 rings (SSSR count). The fourth-order valence-corrected chi connectivity index (χ4v) is 1.63. The molecule has 1 amide bonds. The van der Waals surface area contributed by atoms with Gasteiger partial charge in [0, 0.05) is 12.8 Å². The first-order chi connectivity index (χ1) is 7.27. The maximum absolute atomic E-state index is 11.6. The number of rotatable bonds is 2. The zero-order valence-electron chi connectivity index (χ0n) is 8.07. The summed E-state index contributed by atoms with van der Waals surface area (Å²) >= 11 is 5.86. The molecule has 5 heteroatoms. The van der Waals surface area contributed by atoms with Gasteiger partial charge in [-0.25, -0.2) is 4.98 Å². The second-order valence-corrected chi connectivity index (χ2v) is 3.73. The summed E-state index contributed by atoms with van der Waals surface area (Å²) in [6.07, 6.45) is 2.91. The van der Waals surface area contributed by atoms with Crippen LogP contribution < -0.4 is 5.32 Å². The molecule has 0 aromatic carbocycles. The van der Waals surface area contributed by atoms with Gasteiger partial charge in [0.15, 0.2) is 5.82 Å². The summed E-state index contributed by atoms with van der Waals surface area (Å²) in [5, 5.41) is 3.08. The van der Waals surface area contributed by atoms with Crippen LogP contribution in [0.3, 0.4) is 0 Å². The molecule has 0 saturated carbocycles. The van der Waals surface area contributed by atoms with Crippen LogP contribution >= 0.6 is 11.6 Å². The minimum absolute atomic E-state index is 0.173. The number of carbonyl (C=O) groups excluding carboxylic acids is 1. The van der Waals surface area contributed by atoms with Crippen LogP contribution in [0.4, 0.5) is 5.82 Å². The summed E-state index contributed by atoms with van der Waals surface area (Å²) in [4.78, 5) is 15.6. The van der Waals surface area contributed by atoms with Gasteiger partial charge < -0.3 is 10.1 Å². The van der Waals surface area contributed by atoms with Gasteiger partial charge in [-0.3, -0.25) is 4.79 Å². The van der Waals surface area contributed by atoms with Crippen molar-refractivity contribution in [2.75, 3.05) is 11.9 Å². The molecule has 1 aliphatic heterocycles. The van der Waals surface area contributed by atoms with Crippen LogP contribution in [-0.2, 0) is 9.53 Å². The summed E-state index contributed by atoms with van der Waals surface area (Å²) in [5.74, 6) is 0.216. The Hall–Kier alpha value is -1.13. The van der Waals surface area contributed by atoms with Crippen LogP contribution in [0.1, 0.15) is 12.8 Å². The Morgan fingerprint density at radius 2 is 2.53 bits per heavy atom. The van der Waals surface area contributed by atoms with E-state index < -0.39 is 0 Å². The third-order valence-electron chi connectivity index (χ3n) is 2.22. The molecule has 80 valence electrons. The van der Waals surface area contributed by atoms with Gasteiger partial charge in [0.25, 0.3) is 5.91 Å². The van der Waals surface area contributed by atoms with Gasteiger partial charge in [0.1, 0.15) is 6.10 Å². The highest BCUT2D eigenvalue weighted by Gasteiger charge is 2.24. The summed E-state index contributed by atoms with van der Waals surface area (Å²) in [5.41, 5.74) is 0. The summed E-state index contributed by atoms with van der Waals surface area (Å²) in [7, 11) is 0. The van der Waals surface area contributed by atoms with Gasteiger partial charge in [0.2, 0.25) is 0 Å². The number of ether oxygens (including phenoxy) is 1. The average Bonchev–Trinajstić information content (AvgIpc) is 2.74. The Kier molecular flexibility index (Phi) is 3.18. The van der Waals surface area contributed by atoms with E-state index >= 15 is 0 Å². The van der Waals surface area contributed by atoms with Gasteiger partial charge in [-0.05, 0) is 25.0 Å². The number of halogens is 1. The van der Waals surface area contributed by atoms with Crippen molar-refractivity contribution in [1.29, 1.82) is 0 Å². The smallest absolute Gasteiger partial charge is 0.254 e. The second-order valence-electron chi connectivity index (χ2n) is 3.32. The van der Waals surface area contributed by atoms with E-state index in [1.54, 1.807) is 18.3 Å². The maximum atomic E-state index is 11.6. The van der Waals surface area contributed by atoms with Crippen LogP contribution in [0.2, 0.25) is 5.02 Å². The molecule has 0 aliphatic carbocycles. The summed E-state index contributed by atoms with van der Waals surface area (Å²) < 4.78 is 5.24. The molecule has 2 heterocycles. The van der Waals surface area contributed by atoms with Gasteiger partial charge in [-0.15, -0.1) is 0 Å². The van der Waals surface area contributed by atoms with E-state index in [4.69, 9.17) is 16.3 Å². The molecule has 1 aromatic heterocycles. The van der Waals surface area contributed by atoms with E-state index in [0.717, 1.165) is 12.8 Å². The Bertz CT molecular complexity index is 364. The summed E-state index contributed by atoms with van der Waals surface area (Å²) in [6.45, 7) is 0.647. The SMILES string of the molecule is O=C(Nc1ncccc1Cl)[C@@H]1CCCO1. The first kappa shape index (κ1) is 10.4. The Labute approximate surface area is 92.6 Å². The predicted molar refractivity (Wildman–Crippen MR) is 56.9 cm³/mol. The minimum atomic E-state index is -0.358. The predicted octanol–water partition coefficient (Wildman–Crippen LogP) is 1.85. The van der Waals surface area contributed by atoms with Gasteiger partial charge in [-0.1, -0.05) is 11.6 Å². The fraction of sp³-hybridized carbons (Fsp3) is 0.400. The van der Waals surface area contributed by atoms with Crippen LogP contribution in [0.15, 0.2) is 18.3 Å². The van der Waals surface area contributed by atoms with Gasteiger partial charge in [-0.2, -0.15) is 0 Å². The minimum Gasteiger partial charge on any atom is -0.368 e. The lowest BCUT2D eigenvalue weighted by Gasteiger charge is -2.10. The molecule has 1 aliphatic rings. The molecular formula is C10H11ClN2O2. The first-order valence-corrected chi connectivity index (χ1v) is 5.18. The third kappa shape index (κ3) is 2.46. The number of nitrogens with zero attached hydrogens (tertiary/aromatic N) is 1. The van der Waals surface area contributed by atoms with E-state index in [0.29, 0.717) is 17.4 Å². The quantitative estimate of drug-likeness (QED) is 0.838. The average molecular weight is 227 g/mol. The van der Waals surface area contributed by atoms with Gasteiger partial charge in [0.05, 0.1) is 5.02 Å². The van der Waals surface area contributed by atoms with Crippen molar-refractivity contribution in [2.45, 2.75) is 18.9 Å². The molecule has 0 bridgehead atoms. The number of carbonyl (C=O) groups is 1. The molecule has 0 radical (unpaired) electrons. The lowest BCUT2D eigenvalue weighted by Crippen LogP contribution is -2.27. The number of hydrogen-bond acceptors (Lipinski definition) is 3. The molecule has 1 saturated heterocycles. The molecule has 15 heavy (non-hydrogen) atoms. The second kappa shape index (κ2) is 4.59. The highest BCUT2D eigenvalue weighted by Crippen LogP contribution is 2.19. The Morgan fingerprint density at radius 3 is 3.20 bits per heavy atom. The van der Waals surface area contributed by atoms with E-state index in [1.807, 2.05) is 0 Å². The number of hydrogen-bond donors (Lipinski definition) is 1. The lowest BCUT2D eigenvalue weighted by molar-refractivity contribution is -0.124. The molecule has 0 unspecified atom stereocenters. The van der Waals surface area contributed by atoms with Crippen LogP contribution in [0.25, 0.3) is 0 Å². The number of pyridine rings is 1. The normalized spacial score (nSPS) is 20.2. The van der Waals surface area contributed by atoms with Crippen molar-refractivity contribution in [2.24, 2.45) is 0 Å². The van der Waals surface area contributed by atoms with Crippen molar-refractivity contribution in [3.05, 3.63) is 23.4 Å². The molecule has 1 aromatic rings. The van der Waals surface area contributed by atoms with Crippen molar-refractivity contribution in [3.63, 3.8) is 0 Å². The number of anilines is 1. The monoisotopic (exact) mass is 226 g/mol. The van der Waals surface area contributed by atoms with E-state index in [1.165, 1.54) is 0 Å². The molecule has 1 fully saturated rings. The number of aromatic nitrogens is 1. The standard InChI is InChI=1S/C10H11ClN2O2/c11-7-3-1-5-12-9(7)13-10(14)8-4-2-6-15-8/h1,3,5,8H,2,4,6H2,(H,12,13,14)/t8-/m0/s1. The van der Waals surface area contributed by atoms with Crippen LogP contribution in [0, 0.1) is 0 Å². The highest BCUT2D eigenvalue weighted by molar-refractivity contribution is 6.33. The van der Waals surface area contributed by atoms with Crippen molar-refractivity contribution in [1.82, 2.24) is 4.98 Å². The third-order valence-corrected chi connectivity index (χ3v) is 2.53. The van der Waals surface area contributed by atoms with E-state index in [-0.39, 0.29) is 12.0 Å². The Balaban J connectivity index is 2.02. The van der Waals surface area contributed by atoms with Gasteiger partial charge >= 0.3 is 0 Å². The zero-order chi connectivity index (χ0) is 10.7. The Morgan fingerprint density at radius 1 is 1.67 bits per heavy atom. The number of nitrogens with one attached hydrogen (secondary N) is 1. The topological polar surface area (TPSA) is 51.2 Å². The fourth-order valence-electron chi connectivity index (χ4n) is 1.46.